The summed E-state index contributed by atoms with van der Waals surface area (Å²) in [5.74, 6) is 0. The van der Waals surface area contributed by atoms with Gasteiger partial charge >= 0.3 is 0 Å². The molecule has 13 rings (SSSR count). The number of aryl methyl sites for hydroxylation is 1. The average molecular weight is 941 g/mol. The molecule has 0 saturated heterocycles. The zero-order chi connectivity index (χ0) is 49.2. The Morgan fingerprint density at radius 1 is 0.443 bits per heavy atom. The normalized spacial score (nSPS) is 25.8. The van der Waals surface area contributed by atoms with E-state index >= 15 is 0 Å². The number of benzene rings is 5. The Morgan fingerprint density at radius 3 is 1.63 bits per heavy atom. The number of hydrogen-bond acceptors (Lipinski definition) is 3. The van der Waals surface area contributed by atoms with Crippen molar-refractivity contribution in [2.45, 2.75) is 205 Å². The summed E-state index contributed by atoms with van der Waals surface area (Å²) in [5.41, 5.74) is 26.9. The first-order valence-corrected chi connectivity index (χ1v) is 28.1. The molecule has 4 heterocycles. The lowest BCUT2D eigenvalue weighted by atomic mass is 9.32. The second-order valence-corrected chi connectivity index (χ2v) is 29.4. The predicted molar refractivity (Wildman–Crippen MR) is 303 cm³/mol. The first-order valence-electron chi connectivity index (χ1n) is 27.3. The molecule has 2 bridgehead atoms. The van der Waals surface area contributed by atoms with E-state index in [0.29, 0.717) is 0 Å². The van der Waals surface area contributed by atoms with Gasteiger partial charge in [0.1, 0.15) is 0 Å². The smallest absolute Gasteiger partial charge is 0.253 e. The number of fused-ring (bicyclic) bond motifs is 2. The number of hydrogen-bond donors (Lipinski definition) is 0. The van der Waals surface area contributed by atoms with Gasteiger partial charge in [-0.05, 0) is 217 Å². The fraction of sp³-hybridized carbons (Fsp3) is 0.485. The third kappa shape index (κ3) is 6.04. The summed E-state index contributed by atoms with van der Waals surface area (Å²) in [5, 5.41) is 1.47. The van der Waals surface area contributed by atoms with E-state index in [0.717, 1.165) is 0 Å². The van der Waals surface area contributed by atoms with Gasteiger partial charge in [0.05, 0.1) is 10.7 Å². The van der Waals surface area contributed by atoms with Crippen molar-refractivity contribution < 1.29 is 0 Å². The molecular formula is C66H77BN2S. The van der Waals surface area contributed by atoms with E-state index in [1.807, 2.05) is 0 Å². The Balaban J connectivity index is 1.20. The molecule has 0 spiro atoms. The second-order valence-electron chi connectivity index (χ2n) is 28.4. The summed E-state index contributed by atoms with van der Waals surface area (Å²) in [6.45, 7) is 38.1. The minimum Gasteiger partial charge on any atom is -0.311 e. The highest BCUT2D eigenvalue weighted by atomic mass is 32.1. The second kappa shape index (κ2) is 13.9. The number of anilines is 6. The van der Waals surface area contributed by atoms with Crippen LogP contribution in [0.1, 0.15) is 204 Å². The van der Waals surface area contributed by atoms with E-state index < -0.39 is 0 Å². The number of nitrogens with zero attached hydrogens (tertiary/aromatic N) is 2. The molecule has 4 aliphatic carbocycles. The van der Waals surface area contributed by atoms with Gasteiger partial charge in [0.25, 0.3) is 6.71 Å². The van der Waals surface area contributed by atoms with Crippen LogP contribution in [-0.4, -0.2) is 6.71 Å². The van der Waals surface area contributed by atoms with Crippen LogP contribution in [0.15, 0.2) is 84.9 Å². The third-order valence-corrected chi connectivity index (χ3v) is 22.1. The fourth-order valence-corrected chi connectivity index (χ4v) is 17.6. The molecule has 2 unspecified atom stereocenters. The molecule has 6 aromatic rings. The minimum absolute atomic E-state index is 0.0414. The quantitative estimate of drug-likeness (QED) is 0.163. The van der Waals surface area contributed by atoms with E-state index in [1.54, 1.807) is 27.0 Å². The molecule has 3 aliphatic heterocycles. The molecule has 0 radical (unpaired) electrons. The summed E-state index contributed by atoms with van der Waals surface area (Å²) in [4.78, 5) is 7.27. The highest BCUT2D eigenvalue weighted by Crippen LogP contribution is 2.62. The largest absolute Gasteiger partial charge is 0.311 e. The van der Waals surface area contributed by atoms with E-state index in [-0.39, 0.29) is 50.0 Å². The maximum Gasteiger partial charge on any atom is 0.253 e. The highest BCUT2D eigenvalue weighted by Gasteiger charge is 2.57. The molecular weight excluding hydrogens is 864 g/mol. The van der Waals surface area contributed by atoms with Gasteiger partial charge in [0.2, 0.25) is 0 Å². The lowest BCUT2D eigenvalue weighted by molar-refractivity contribution is 0.211. The minimum atomic E-state index is 0.0414. The van der Waals surface area contributed by atoms with Crippen LogP contribution in [0.2, 0.25) is 0 Å². The average Bonchev–Trinajstić information content (AvgIpc) is 3.73. The molecule has 0 amide bonds. The van der Waals surface area contributed by atoms with Crippen molar-refractivity contribution in [1.82, 2.24) is 0 Å². The van der Waals surface area contributed by atoms with Gasteiger partial charge in [0.15, 0.2) is 0 Å². The van der Waals surface area contributed by atoms with Crippen LogP contribution in [0, 0.1) is 6.92 Å². The van der Waals surface area contributed by atoms with Gasteiger partial charge in [-0.1, -0.05) is 139 Å². The van der Waals surface area contributed by atoms with E-state index in [4.69, 9.17) is 0 Å². The summed E-state index contributed by atoms with van der Waals surface area (Å²) in [6.07, 6.45) is 10.9. The van der Waals surface area contributed by atoms with Gasteiger partial charge in [-0.15, -0.1) is 11.3 Å². The summed E-state index contributed by atoms with van der Waals surface area (Å²) >= 11 is 2.17. The molecule has 70 heavy (non-hydrogen) atoms. The molecule has 7 aliphatic rings. The van der Waals surface area contributed by atoms with Gasteiger partial charge in [0, 0.05) is 33.2 Å². The van der Waals surface area contributed by atoms with Gasteiger partial charge in [-0.25, -0.2) is 0 Å². The molecule has 2 atom stereocenters. The van der Waals surface area contributed by atoms with Crippen LogP contribution in [0.5, 0.6) is 0 Å². The zero-order valence-corrected chi connectivity index (χ0v) is 46.1. The van der Waals surface area contributed by atoms with Gasteiger partial charge < -0.3 is 9.80 Å². The van der Waals surface area contributed by atoms with E-state index in [9.17, 15) is 0 Å². The van der Waals surface area contributed by atoms with Crippen molar-refractivity contribution in [3.05, 3.63) is 134 Å². The van der Waals surface area contributed by atoms with E-state index in [2.05, 4.69) is 210 Å². The van der Waals surface area contributed by atoms with Crippen LogP contribution in [-0.2, 0) is 43.3 Å². The van der Waals surface area contributed by atoms with Crippen LogP contribution >= 0.6 is 11.3 Å². The number of thiophene rings is 1. The molecule has 1 aromatic heterocycles. The molecule has 2 nitrogen and oxygen atoms in total. The zero-order valence-electron chi connectivity index (χ0n) is 45.3. The van der Waals surface area contributed by atoms with Gasteiger partial charge in [-0.3, -0.25) is 0 Å². The maximum atomic E-state index is 2.82. The molecule has 0 saturated carbocycles. The first kappa shape index (κ1) is 45.3. The lowest BCUT2D eigenvalue weighted by Gasteiger charge is -2.50. The van der Waals surface area contributed by atoms with Crippen molar-refractivity contribution in [2.75, 3.05) is 9.80 Å². The van der Waals surface area contributed by atoms with Crippen molar-refractivity contribution in [3.63, 3.8) is 0 Å². The monoisotopic (exact) mass is 941 g/mol. The van der Waals surface area contributed by atoms with Crippen LogP contribution < -0.4 is 26.2 Å². The molecule has 4 heteroatoms. The Kier molecular flexibility index (Phi) is 9.03. The van der Waals surface area contributed by atoms with Crippen molar-refractivity contribution in [1.29, 1.82) is 0 Å². The summed E-state index contributed by atoms with van der Waals surface area (Å²) in [6, 6.07) is 35.2. The first-order chi connectivity index (χ1) is 32.8. The lowest BCUT2D eigenvalue weighted by Crippen LogP contribution is -2.62. The Bertz CT molecular complexity index is 3270. The maximum absolute atomic E-state index is 2.82. The van der Waals surface area contributed by atoms with Crippen molar-refractivity contribution in [3.8, 4) is 11.1 Å². The Morgan fingerprint density at radius 2 is 0.971 bits per heavy atom. The molecule has 360 valence electrons. The molecule has 5 aromatic carbocycles. The standard InChI is InChI=1S/C66H77BN2S/c1-39-31-52-55-53(32-39)69(50-36-46-45(61(6,7)25-26-62(46,8)9)34-42(50)40-19-17-16-18-20-40)51-37-47-48-35-49(51)67(55)56-54-57(64(12,13)28-30-66(54,15)38-65(48,14)29-27-63(47,10)11)70-58(56)68(52)41-21-22-43-44(33-41)60(4,5)24-23-59(43,2)3/h16-22,31-37H,23-30,38H2,1-15H3. The van der Waals surface area contributed by atoms with E-state index in [1.165, 1.54) is 141 Å². The topological polar surface area (TPSA) is 6.48 Å². The number of rotatable bonds is 3. The fourth-order valence-electron chi connectivity index (χ4n) is 15.9. The van der Waals surface area contributed by atoms with Gasteiger partial charge in [-0.2, -0.15) is 0 Å². The third-order valence-electron chi connectivity index (χ3n) is 20.6. The van der Waals surface area contributed by atoms with Crippen molar-refractivity contribution in [2.24, 2.45) is 0 Å². The Labute approximate surface area is 425 Å². The van der Waals surface area contributed by atoms with Crippen LogP contribution in [0.4, 0.5) is 33.4 Å². The summed E-state index contributed by atoms with van der Waals surface area (Å²) in [7, 11) is 0. The van der Waals surface area contributed by atoms with Crippen LogP contribution in [0.3, 0.4) is 0 Å². The predicted octanol–water partition coefficient (Wildman–Crippen LogP) is 16.6. The van der Waals surface area contributed by atoms with Crippen LogP contribution in [0.25, 0.3) is 11.1 Å². The molecule has 0 N–H and O–H groups in total. The highest BCUT2D eigenvalue weighted by molar-refractivity contribution is 7.20. The summed E-state index contributed by atoms with van der Waals surface area (Å²) < 4.78 is 0. The SMILES string of the molecule is Cc1cc2c3c(c1)N(c1ccc4c(c1)C(C)(C)CCC4(C)C)c1sc4c5c1B3c1cc3c(cc1N2c1cc2c(cc1-c1ccccc1)C(C)(C)CCC2(C)C)C(C)(C)CCC3(C)CC5(C)CCC4(C)C. The molecule has 0 fully saturated rings. The van der Waals surface area contributed by atoms with Crippen molar-refractivity contribution >= 4 is 67.9 Å². The Hall–Kier alpha value is -4.54.